The first kappa shape index (κ1) is 25.6. The molecule has 0 amide bonds. The lowest BCUT2D eigenvalue weighted by Gasteiger charge is -2.23. The van der Waals surface area contributed by atoms with Gasteiger partial charge in [-0.1, -0.05) is 26.5 Å². The highest BCUT2D eigenvalue weighted by molar-refractivity contribution is 5.91. The molecule has 2 aromatic rings. The predicted molar refractivity (Wildman–Crippen MR) is 127 cm³/mol. The molecule has 8 heteroatoms. The van der Waals surface area contributed by atoms with Gasteiger partial charge in [-0.05, 0) is 61.4 Å². The van der Waals surface area contributed by atoms with Crippen molar-refractivity contribution in [3.8, 4) is 17.2 Å². The molecule has 0 spiro atoms. The number of unbranched alkanes of at least 4 members (excludes halogenated alkanes) is 1. The lowest BCUT2D eigenvalue weighted by Crippen LogP contribution is -2.31. The van der Waals surface area contributed by atoms with Crippen molar-refractivity contribution in [2.45, 2.75) is 44.8 Å². The van der Waals surface area contributed by atoms with Gasteiger partial charge >= 0.3 is 17.9 Å². The fraction of sp³-hybridized carbons (Fsp3) is 0.296. The van der Waals surface area contributed by atoms with Crippen molar-refractivity contribution < 1.29 is 38.1 Å². The highest BCUT2D eigenvalue weighted by Crippen LogP contribution is 2.27. The fourth-order valence-electron chi connectivity index (χ4n) is 3.35. The Balaban J connectivity index is 1.55. The molecule has 1 heterocycles. The number of cyclic esters (lactones) is 1. The van der Waals surface area contributed by atoms with Crippen molar-refractivity contribution in [3.05, 3.63) is 78.9 Å². The quantitative estimate of drug-likeness (QED) is 0.185. The van der Waals surface area contributed by atoms with Crippen LogP contribution in [-0.4, -0.2) is 36.9 Å². The minimum Gasteiger partial charge on any atom is -0.487 e. The molecule has 1 saturated heterocycles. The third-order valence-corrected chi connectivity index (χ3v) is 5.26. The number of rotatable bonds is 12. The first-order valence-electron chi connectivity index (χ1n) is 11.3. The second-order valence-electron chi connectivity index (χ2n) is 7.86. The predicted octanol–water partition coefficient (Wildman–Crippen LogP) is 4.78. The van der Waals surface area contributed by atoms with Crippen molar-refractivity contribution in [3.63, 3.8) is 0 Å². The molecule has 0 aromatic heterocycles. The zero-order chi connectivity index (χ0) is 25.2. The summed E-state index contributed by atoms with van der Waals surface area (Å²) in [6.45, 7) is 8.86. The molecular weight excluding hydrogens is 452 g/mol. The second kappa shape index (κ2) is 12.4. The van der Waals surface area contributed by atoms with Crippen LogP contribution in [0.25, 0.3) is 0 Å². The Bertz CT molecular complexity index is 1040. The highest BCUT2D eigenvalue weighted by atomic mass is 16.7. The molecule has 0 aliphatic carbocycles. The first-order valence-corrected chi connectivity index (χ1v) is 11.3. The number of benzene rings is 2. The molecule has 0 bridgehead atoms. The van der Waals surface area contributed by atoms with Crippen LogP contribution in [0.1, 0.15) is 43.0 Å². The Labute approximate surface area is 204 Å². The number of ether oxygens (including phenoxy) is 5. The van der Waals surface area contributed by atoms with Crippen molar-refractivity contribution in [1.82, 2.24) is 0 Å². The third-order valence-electron chi connectivity index (χ3n) is 5.26. The Morgan fingerprint density at radius 1 is 1.09 bits per heavy atom. The van der Waals surface area contributed by atoms with Gasteiger partial charge in [0.1, 0.15) is 29.5 Å². The van der Waals surface area contributed by atoms with E-state index in [1.807, 2.05) is 0 Å². The minimum absolute atomic E-state index is 0.254. The maximum absolute atomic E-state index is 12.5. The summed E-state index contributed by atoms with van der Waals surface area (Å²) in [6, 6.07) is 12.9. The average molecular weight is 481 g/mol. The maximum atomic E-state index is 12.5. The fourth-order valence-corrected chi connectivity index (χ4v) is 3.35. The maximum Gasteiger partial charge on any atom is 0.343 e. The first-order chi connectivity index (χ1) is 16.9. The van der Waals surface area contributed by atoms with E-state index in [9.17, 15) is 14.4 Å². The zero-order valence-electron chi connectivity index (χ0n) is 19.6. The van der Waals surface area contributed by atoms with Crippen LogP contribution >= 0.6 is 0 Å². The molecule has 8 nitrogen and oxygen atoms in total. The summed E-state index contributed by atoms with van der Waals surface area (Å²) < 4.78 is 26.9. The van der Waals surface area contributed by atoms with Crippen LogP contribution in [0.2, 0.25) is 0 Å². The van der Waals surface area contributed by atoms with Crippen LogP contribution in [0.5, 0.6) is 17.2 Å². The lowest BCUT2D eigenvalue weighted by atomic mass is 10.0. The molecule has 35 heavy (non-hydrogen) atoms. The normalized spacial score (nSPS) is 15.6. The monoisotopic (exact) mass is 480 g/mol. The van der Waals surface area contributed by atoms with E-state index < -0.39 is 11.9 Å². The number of carbonyl (C=O) groups excluding carboxylic acids is 3. The van der Waals surface area contributed by atoms with Crippen LogP contribution in [0.3, 0.4) is 0 Å². The highest BCUT2D eigenvalue weighted by Gasteiger charge is 2.35. The van der Waals surface area contributed by atoms with Crippen molar-refractivity contribution in [1.29, 1.82) is 0 Å². The molecule has 3 rings (SSSR count). The molecule has 1 aliphatic heterocycles. The summed E-state index contributed by atoms with van der Waals surface area (Å²) in [4.78, 5) is 35.2. The molecule has 1 aliphatic rings. The number of esters is 3. The van der Waals surface area contributed by atoms with Gasteiger partial charge in [0.2, 0.25) is 6.79 Å². The molecule has 2 aromatic carbocycles. The van der Waals surface area contributed by atoms with Crippen molar-refractivity contribution >= 4 is 17.9 Å². The van der Waals surface area contributed by atoms with E-state index in [0.29, 0.717) is 34.8 Å². The van der Waals surface area contributed by atoms with E-state index in [1.165, 1.54) is 0 Å². The third kappa shape index (κ3) is 7.46. The van der Waals surface area contributed by atoms with E-state index >= 15 is 0 Å². The van der Waals surface area contributed by atoms with Gasteiger partial charge in [-0.25, -0.2) is 14.4 Å². The van der Waals surface area contributed by atoms with Gasteiger partial charge in [-0.15, -0.1) is 0 Å². The van der Waals surface area contributed by atoms with Gasteiger partial charge in [-0.2, -0.15) is 0 Å². The molecule has 0 radical (unpaired) electrons. The summed E-state index contributed by atoms with van der Waals surface area (Å²) in [6.07, 6.45) is 3.48. The van der Waals surface area contributed by atoms with E-state index in [-0.39, 0.29) is 25.0 Å². The van der Waals surface area contributed by atoms with Crippen LogP contribution in [0, 0.1) is 0 Å². The van der Waals surface area contributed by atoms with Gasteiger partial charge in [0.25, 0.3) is 0 Å². The average Bonchev–Trinajstić information content (AvgIpc) is 3.20. The topological polar surface area (TPSA) is 97.4 Å². The molecule has 1 fully saturated rings. The summed E-state index contributed by atoms with van der Waals surface area (Å²) in [7, 11) is 0. The Morgan fingerprint density at radius 2 is 1.74 bits per heavy atom. The second-order valence-corrected chi connectivity index (χ2v) is 7.86. The summed E-state index contributed by atoms with van der Waals surface area (Å²) in [5.41, 5.74) is 0.800. The van der Waals surface area contributed by atoms with Gasteiger partial charge in [0.15, 0.2) is 0 Å². The minimum atomic E-state index is -0.587. The molecule has 0 N–H and O–H groups in total. The molecule has 184 valence electrons. The summed E-state index contributed by atoms with van der Waals surface area (Å²) in [5, 5.41) is 0. The largest absolute Gasteiger partial charge is 0.487 e. The Hall–Kier alpha value is -4.07. The zero-order valence-corrected chi connectivity index (χ0v) is 19.6. The SMILES string of the molecule is C=CC(=O)OCOc1ccc(OC(=O)c2ccc(OC(CCCC)C3CC(=C)C(=O)O3)cc2)cc1. The molecule has 0 saturated carbocycles. The summed E-state index contributed by atoms with van der Waals surface area (Å²) in [5.74, 6) is -0.167. The van der Waals surface area contributed by atoms with Crippen LogP contribution < -0.4 is 14.2 Å². The Morgan fingerprint density at radius 3 is 2.34 bits per heavy atom. The summed E-state index contributed by atoms with van der Waals surface area (Å²) >= 11 is 0. The number of hydrogen-bond donors (Lipinski definition) is 0. The molecule has 2 atom stereocenters. The van der Waals surface area contributed by atoms with Crippen LogP contribution in [0.15, 0.2) is 73.3 Å². The van der Waals surface area contributed by atoms with Crippen LogP contribution in [0.4, 0.5) is 0 Å². The standard InChI is InChI=1S/C27H28O8/c1-4-6-7-23(24-16-18(3)26(29)35-24)33-21-10-8-19(9-11-21)27(30)34-22-14-12-20(13-15-22)31-17-32-25(28)5-2/h5,8-15,23-24H,2-4,6-7,16-17H2,1H3. The lowest BCUT2D eigenvalue weighted by molar-refractivity contribution is -0.144. The Kier molecular flexibility index (Phi) is 9.06. The van der Waals surface area contributed by atoms with E-state index in [1.54, 1.807) is 48.5 Å². The van der Waals surface area contributed by atoms with Crippen molar-refractivity contribution in [2.75, 3.05) is 6.79 Å². The van der Waals surface area contributed by atoms with Crippen molar-refractivity contribution in [2.24, 2.45) is 0 Å². The number of hydrogen-bond acceptors (Lipinski definition) is 8. The number of carbonyl (C=O) groups is 3. The van der Waals surface area contributed by atoms with E-state index in [0.717, 1.165) is 25.3 Å². The smallest absolute Gasteiger partial charge is 0.343 e. The molecular formula is C27H28O8. The van der Waals surface area contributed by atoms with E-state index in [2.05, 4.69) is 20.1 Å². The van der Waals surface area contributed by atoms with E-state index in [4.69, 9.17) is 23.7 Å². The van der Waals surface area contributed by atoms with Gasteiger partial charge in [-0.3, -0.25) is 0 Å². The van der Waals surface area contributed by atoms with Gasteiger partial charge < -0.3 is 23.7 Å². The molecule has 2 unspecified atom stereocenters. The van der Waals surface area contributed by atoms with Gasteiger partial charge in [0.05, 0.1) is 5.56 Å². The van der Waals surface area contributed by atoms with Crippen LogP contribution in [-0.2, 0) is 19.1 Å². The van der Waals surface area contributed by atoms with Gasteiger partial charge in [0, 0.05) is 18.1 Å².